The van der Waals surface area contributed by atoms with E-state index in [-0.39, 0.29) is 0 Å². The average Bonchev–Trinajstić information content (AvgIpc) is 2.70. The monoisotopic (exact) mass is 183 g/mol. The molecule has 0 bridgehead atoms. The van der Waals surface area contributed by atoms with E-state index >= 15 is 0 Å². The van der Waals surface area contributed by atoms with Gasteiger partial charge < -0.3 is 4.98 Å². The summed E-state index contributed by atoms with van der Waals surface area (Å²) in [4.78, 5) is 6.97. The number of aromatic amines is 1. The van der Waals surface area contributed by atoms with E-state index in [2.05, 4.69) is 16.0 Å². The molecule has 1 aromatic carbocycles. The summed E-state index contributed by atoms with van der Waals surface area (Å²) < 4.78 is 0. The van der Waals surface area contributed by atoms with Gasteiger partial charge >= 0.3 is 0 Å². The number of nitriles is 1. The van der Waals surface area contributed by atoms with Gasteiger partial charge in [0, 0.05) is 0 Å². The molecule has 3 heteroatoms. The molecule has 1 N–H and O–H groups in total. The predicted molar refractivity (Wildman–Crippen MR) is 53.5 cm³/mol. The maximum absolute atomic E-state index is 8.77. The molecule has 0 aliphatic rings. The summed E-state index contributed by atoms with van der Waals surface area (Å²) in [5, 5.41) is 8.77. The van der Waals surface area contributed by atoms with Crippen LogP contribution in [0.15, 0.2) is 30.7 Å². The molecule has 1 aromatic heterocycles. The fourth-order valence-electron chi connectivity index (χ4n) is 1.37. The first-order valence-electron chi connectivity index (χ1n) is 4.31. The van der Waals surface area contributed by atoms with Crippen LogP contribution < -0.4 is 0 Å². The number of nitrogens with one attached hydrogen (secondary N) is 1. The van der Waals surface area contributed by atoms with Crippen molar-refractivity contribution >= 4 is 0 Å². The van der Waals surface area contributed by atoms with E-state index in [4.69, 9.17) is 5.26 Å². The van der Waals surface area contributed by atoms with Crippen LogP contribution in [0.1, 0.15) is 11.1 Å². The number of hydrogen-bond acceptors (Lipinski definition) is 2. The Balaban J connectivity index is 2.49. The molecule has 0 unspecified atom stereocenters. The predicted octanol–water partition coefficient (Wildman–Crippen LogP) is 2.26. The Morgan fingerprint density at radius 3 is 2.86 bits per heavy atom. The first-order chi connectivity index (χ1) is 6.81. The molecule has 0 amide bonds. The molecule has 68 valence electrons. The second-order valence-corrected chi connectivity index (χ2v) is 3.11. The van der Waals surface area contributed by atoms with Crippen LogP contribution in [0.5, 0.6) is 0 Å². The van der Waals surface area contributed by atoms with Crippen LogP contribution in [-0.4, -0.2) is 9.97 Å². The first-order valence-corrected chi connectivity index (χ1v) is 4.31. The van der Waals surface area contributed by atoms with Crippen LogP contribution in [0.25, 0.3) is 11.3 Å². The van der Waals surface area contributed by atoms with Gasteiger partial charge in [0.2, 0.25) is 0 Å². The van der Waals surface area contributed by atoms with Crippen molar-refractivity contribution < 1.29 is 0 Å². The Morgan fingerprint density at radius 2 is 2.29 bits per heavy atom. The molecule has 0 aliphatic carbocycles. The minimum Gasteiger partial charge on any atom is -0.345 e. The van der Waals surface area contributed by atoms with Crippen molar-refractivity contribution in [1.82, 2.24) is 9.97 Å². The van der Waals surface area contributed by atoms with Gasteiger partial charge in [0.05, 0.1) is 29.9 Å². The summed E-state index contributed by atoms with van der Waals surface area (Å²) in [5.74, 6) is 0. The van der Waals surface area contributed by atoms with Gasteiger partial charge in [-0.3, -0.25) is 0 Å². The van der Waals surface area contributed by atoms with E-state index in [1.807, 2.05) is 25.1 Å². The summed E-state index contributed by atoms with van der Waals surface area (Å²) in [6.07, 6.45) is 3.41. The molecule has 14 heavy (non-hydrogen) atoms. The van der Waals surface area contributed by atoms with Gasteiger partial charge in [-0.1, -0.05) is 6.07 Å². The minimum atomic E-state index is 0.716. The SMILES string of the molecule is Cc1cc(-c2cnc[nH]2)ccc1C#N. The number of H-pyrrole nitrogens is 1. The Morgan fingerprint density at radius 1 is 1.43 bits per heavy atom. The molecule has 0 saturated heterocycles. The Hall–Kier alpha value is -2.08. The highest BCUT2D eigenvalue weighted by molar-refractivity contribution is 5.61. The lowest BCUT2D eigenvalue weighted by molar-refractivity contribution is 1.31. The molecular formula is C11H9N3. The van der Waals surface area contributed by atoms with Crippen molar-refractivity contribution in [1.29, 1.82) is 5.26 Å². The van der Waals surface area contributed by atoms with Gasteiger partial charge in [0.15, 0.2) is 0 Å². The van der Waals surface area contributed by atoms with Gasteiger partial charge in [0.1, 0.15) is 0 Å². The summed E-state index contributed by atoms with van der Waals surface area (Å²) in [6.45, 7) is 1.93. The third-order valence-corrected chi connectivity index (χ3v) is 2.16. The summed E-state index contributed by atoms with van der Waals surface area (Å²) in [5.41, 5.74) is 3.73. The van der Waals surface area contributed by atoms with Crippen molar-refractivity contribution in [2.24, 2.45) is 0 Å². The van der Waals surface area contributed by atoms with Crippen LogP contribution in [0, 0.1) is 18.3 Å². The van der Waals surface area contributed by atoms with Crippen LogP contribution in [0.4, 0.5) is 0 Å². The molecule has 0 aliphatic heterocycles. The third-order valence-electron chi connectivity index (χ3n) is 2.16. The maximum Gasteiger partial charge on any atom is 0.0994 e. The molecule has 2 aromatic rings. The zero-order chi connectivity index (χ0) is 9.97. The van der Waals surface area contributed by atoms with E-state index in [1.165, 1.54) is 0 Å². The van der Waals surface area contributed by atoms with Gasteiger partial charge in [0.25, 0.3) is 0 Å². The van der Waals surface area contributed by atoms with Crippen LogP contribution in [0.3, 0.4) is 0 Å². The molecule has 0 fully saturated rings. The maximum atomic E-state index is 8.77. The lowest BCUT2D eigenvalue weighted by Crippen LogP contribution is -1.84. The van der Waals surface area contributed by atoms with Crippen LogP contribution in [0.2, 0.25) is 0 Å². The summed E-state index contributed by atoms with van der Waals surface area (Å²) in [7, 11) is 0. The number of aryl methyl sites for hydroxylation is 1. The van der Waals surface area contributed by atoms with Crippen molar-refractivity contribution in [2.75, 3.05) is 0 Å². The smallest absolute Gasteiger partial charge is 0.0994 e. The van der Waals surface area contributed by atoms with Gasteiger partial charge in [-0.05, 0) is 30.2 Å². The molecule has 2 rings (SSSR count). The van der Waals surface area contributed by atoms with Crippen molar-refractivity contribution in [2.45, 2.75) is 6.92 Å². The quantitative estimate of drug-likeness (QED) is 0.737. The molecule has 0 spiro atoms. The highest BCUT2D eigenvalue weighted by Gasteiger charge is 2.01. The molecule has 0 radical (unpaired) electrons. The highest BCUT2D eigenvalue weighted by atomic mass is 14.9. The van der Waals surface area contributed by atoms with E-state index in [9.17, 15) is 0 Å². The standard InChI is InChI=1S/C11H9N3/c1-8-4-9(2-3-10(8)5-12)11-6-13-7-14-11/h2-4,6-7H,1H3,(H,13,14). The van der Waals surface area contributed by atoms with E-state index in [0.717, 1.165) is 16.8 Å². The lowest BCUT2D eigenvalue weighted by Gasteiger charge is -2.00. The molecule has 3 nitrogen and oxygen atoms in total. The Labute approximate surface area is 82.0 Å². The van der Waals surface area contributed by atoms with Crippen LogP contribution in [-0.2, 0) is 0 Å². The second-order valence-electron chi connectivity index (χ2n) is 3.11. The van der Waals surface area contributed by atoms with Gasteiger partial charge in [-0.15, -0.1) is 0 Å². The first kappa shape index (κ1) is 8.52. The van der Waals surface area contributed by atoms with E-state index in [0.29, 0.717) is 5.56 Å². The zero-order valence-corrected chi connectivity index (χ0v) is 7.78. The van der Waals surface area contributed by atoms with Crippen molar-refractivity contribution in [3.63, 3.8) is 0 Å². The summed E-state index contributed by atoms with van der Waals surface area (Å²) in [6, 6.07) is 7.86. The number of hydrogen-bond donors (Lipinski definition) is 1. The topological polar surface area (TPSA) is 52.5 Å². The normalized spacial score (nSPS) is 9.71. The second kappa shape index (κ2) is 3.35. The molecule has 0 atom stereocenters. The minimum absolute atomic E-state index is 0.716. The largest absolute Gasteiger partial charge is 0.345 e. The van der Waals surface area contributed by atoms with Gasteiger partial charge in [-0.2, -0.15) is 5.26 Å². The number of nitrogens with zero attached hydrogens (tertiary/aromatic N) is 2. The van der Waals surface area contributed by atoms with E-state index < -0.39 is 0 Å². The zero-order valence-electron chi connectivity index (χ0n) is 7.78. The number of aromatic nitrogens is 2. The summed E-state index contributed by atoms with van der Waals surface area (Å²) >= 11 is 0. The fourth-order valence-corrected chi connectivity index (χ4v) is 1.37. The molecule has 1 heterocycles. The number of imidazole rings is 1. The van der Waals surface area contributed by atoms with Crippen molar-refractivity contribution in [3.8, 4) is 17.3 Å². The Kier molecular flexibility index (Phi) is 2.04. The lowest BCUT2D eigenvalue weighted by atomic mass is 10.0. The average molecular weight is 183 g/mol. The molecule has 0 saturated carbocycles. The molecular weight excluding hydrogens is 174 g/mol. The highest BCUT2D eigenvalue weighted by Crippen LogP contribution is 2.19. The van der Waals surface area contributed by atoms with Gasteiger partial charge in [-0.25, -0.2) is 4.98 Å². The Bertz CT molecular complexity index is 478. The third kappa shape index (κ3) is 1.38. The number of benzene rings is 1. The van der Waals surface area contributed by atoms with Crippen LogP contribution >= 0.6 is 0 Å². The van der Waals surface area contributed by atoms with Crippen molar-refractivity contribution in [3.05, 3.63) is 41.9 Å². The number of rotatable bonds is 1. The van der Waals surface area contributed by atoms with E-state index in [1.54, 1.807) is 12.5 Å². The fraction of sp³-hybridized carbons (Fsp3) is 0.0909.